The standard InChI is InChI=1S/C40H46N4O6/c1-39(2,3)49-37(47)43-33(23-27-15-9-7-10-16-27)35(45)41-31-21-13-19-29(25-31)30-20-14-22-32(26-30)42-36(46)34(24-28-17-11-8-12-18-28)44-38(48)50-40(4,5)6/h7-22,25-26,33-34H,23-24H2,1-6H3,(H,41,45)(H,42,46)(H,43,47)(H,44,48)/t33-,34-/m0/s1. The smallest absolute Gasteiger partial charge is 0.408 e. The molecule has 4 aromatic rings. The molecule has 4 rings (SSSR count). The van der Waals surface area contributed by atoms with Crippen molar-refractivity contribution in [2.45, 2.75) is 77.7 Å². The monoisotopic (exact) mass is 678 g/mol. The normalized spacial score (nSPS) is 12.5. The lowest BCUT2D eigenvalue weighted by atomic mass is 10.0. The highest BCUT2D eigenvalue weighted by atomic mass is 16.6. The summed E-state index contributed by atoms with van der Waals surface area (Å²) in [4.78, 5) is 52.3. The zero-order valence-corrected chi connectivity index (χ0v) is 29.4. The SMILES string of the molecule is CC(C)(C)OC(=O)N[C@@H](Cc1ccccc1)C(=O)Nc1cccc(-c2cccc(NC(=O)[C@H](Cc3ccccc3)NC(=O)OC(C)(C)C)c2)c1. The van der Waals surface area contributed by atoms with Crippen molar-refractivity contribution in [2.75, 3.05) is 10.6 Å². The van der Waals surface area contributed by atoms with E-state index in [1.807, 2.05) is 97.1 Å². The maximum Gasteiger partial charge on any atom is 0.408 e. The van der Waals surface area contributed by atoms with Gasteiger partial charge in [0.1, 0.15) is 23.3 Å². The Morgan fingerprint density at radius 3 is 1.22 bits per heavy atom. The highest BCUT2D eigenvalue weighted by Crippen LogP contribution is 2.26. The second-order valence-electron chi connectivity index (χ2n) is 13.9. The number of amides is 4. The van der Waals surface area contributed by atoms with Crippen LogP contribution in [-0.2, 0) is 31.9 Å². The average Bonchev–Trinajstić information content (AvgIpc) is 3.03. The first-order valence-corrected chi connectivity index (χ1v) is 16.5. The van der Waals surface area contributed by atoms with Crippen molar-refractivity contribution in [3.8, 4) is 11.1 Å². The number of carbonyl (C=O) groups excluding carboxylic acids is 4. The first-order valence-electron chi connectivity index (χ1n) is 16.5. The summed E-state index contributed by atoms with van der Waals surface area (Å²) in [6.45, 7) is 10.6. The van der Waals surface area contributed by atoms with Crippen LogP contribution in [0.4, 0.5) is 21.0 Å². The summed E-state index contributed by atoms with van der Waals surface area (Å²) in [5.74, 6) is -0.806. The summed E-state index contributed by atoms with van der Waals surface area (Å²) in [5.41, 5.74) is 2.92. The van der Waals surface area contributed by atoms with E-state index in [9.17, 15) is 19.2 Å². The van der Waals surface area contributed by atoms with Crippen LogP contribution in [0, 0.1) is 0 Å². The van der Waals surface area contributed by atoms with Crippen LogP contribution in [0.2, 0.25) is 0 Å². The van der Waals surface area contributed by atoms with E-state index < -0.39 is 47.3 Å². The molecule has 10 nitrogen and oxygen atoms in total. The summed E-state index contributed by atoms with van der Waals surface area (Å²) in [7, 11) is 0. The summed E-state index contributed by atoms with van der Waals surface area (Å²) in [5, 5.41) is 11.3. The second-order valence-corrected chi connectivity index (χ2v) is 13.9. The fourth-order valence-electron chi connectivity index (χ4n) is 5.03. The second kappa shape index (κ2) is 16.6. The van der Waals surface area contributed by atoms with Gasteiger partial charge in [-0.15, -0.1) is 0 Å². The van der Waals surface area contributed by atoms with Crippen LogP contribution in [0.1, 0.15) is 52.7 Å². The molecular weight excluding hydrogens is 632 g/mol. The number of benzene rings is 4. The van der Waals surface area contributed by atoms with Crippen molar-refractivity contribution in [2.24, 2.45) is 0 Å². The van der Waals surface area contributed by atoms with E-state index in [0.717, 1.165) is 22.3 Å². The topological polar surface area (TPSA) is 135 Å². The molecule has 0 aliphatic heterocycles. The van der Waals surface area contributed by atoms with Crippen molar-refractivity contribution in [1.82, 2.24) is 10.6 Å². The molecule has 0 bridgehead atoms. The van der Waals surface area contributed by atoms with Gasteiger partial charge < -0.3 is 30.7 Å². The first-order chi connectivity index (χ1) is 23.6. The van der Waals surface area contributed by atoms with E-state index in [2.05, 4.69) is 21.3 Å². The van der Waals surface area contributed by atoms with Crippen molar-refractivity contribution in [3.05, 3.63) is 120 Å². The average molecular weight is 679 g/mol. The Morgan fingerprint density at radius 1 is 0.520 bits per heavy atom. The van der Waals surface area contributed by atoms with Crippen molar-refractivity contribution in [1.29, 1.82) is 0 Å². The number of anilines is 2. The molecule has 0 fully saturated rings. The van der Waals surface area contributed by atoms with Gasteiger partial charge in [0.05, 0.1) is 0 Å². The third-order valence-electron chi connectivity index (χ3n) is 7.17. The Morgan fingerprint density at radius 2 is 0.880 bits per heavy atom. The third-order valence-corrected chi connectivity index (χ3v) is 7.17. The minimum atomic E-state index is -0.896. The zero-order valence-electron chi connectivity index (χ0n) is 29.4. The molecule has 0 aliphatic rings. The molecule has 0 heterocycles. The van der Waals surface area contributed by atoms with Crippen molar-refractivity contribution in [3.63, 3.8) is 0 Å². The summed E-state index contributed by atoms with van der Waals surface area (Å²) in [6, 6.07) is 31.6. The van der Waals surface area contributed by atoms with Crippen molar-refractivity contribution < 1.29 is 28.7 Å². The highest BCUT2D eigenvalue weighted by Gasteiger charge is 2.26. The van der Waals surface area contributed by atoms with E-state index in [-0.39, 0.29) is 12.8 Å². The van der Waals surface area contributed by atoms with Crippen LogP contribution in [0.25, 0.3) is 11.1 Å². The molecule has 50 heavy (non-hydrogen) atoms. The van der Waals surface area contributed by atoms with Gasteiger partial charge in [-0.2, -0.15) is 0 Å². The minimum Gasteiger partial charge on any atom is -0.444 e. The van der Waals surface area contributed by atoms with Crippen LogP contribution in [0.15, 0.2) is 109 Å². The number of ether oxygens (including phenoxy) is 2. The summed E-state index contributed by atoms with van der Waals surface area (Å²) in [6.07, 6.45) is -0.843. The Bertz CT molecular complexity index is 1630. The fourth-order valence-corrected chi connectivity index (χ4v) is 5.03. The third kappa shape index (κ3) is 12.4. The molecule has 0 aliphatic carbocycles. The maximum absolute atomic E-state index is 13.5. The largest absolute Gasteiger partial charge is 0.444 e. The molecule has 0 unspecified atom stereocenters. The van der Waals surface area contributed by atoms with Gasteiger partial charge in [0.2, 0.25) is 11.8 Å². The number of carbonyl (C=O) groups is 4. The Hall–Kier alpha value is -5.64. The van der Waals surface area contributed by atoms with Gasteiger partial charge in [0, 0.05) is 24.2 Å². The number of hydrogen-bond acceptors (Lipinski definition) is 6. The molecule has 10 heteroatoms. The lowest BCUT2D eigenvalue weighted by Gasteiger charge is -2.23. The zero-order chi connectivity index (χ0) is 36.3. The van der Waals surface area contributed by atoms with Crippen LogP contribution < -0.4 is 21.3 Å². The number of alkyl carbamates (subject to hydrolysis) is 2. The van der Waals surface area contributed by atoms with Gasteiger partial charge in [-0.1, -0.05) is 84.9 Å². The molecule has 2 atom stereocenters. The Labute approximate surface area is 294 Å². The van der Waals surface area contributed by atoms with Crippen LogP contribution in [0.3, 0.4) is 0 Å². The quantitative estimate of drug-likeness (QED) is 0.130. The van der Waals surface area contributed by atoms with Crippen LogP contribution >= 0.6 is 0 Å². The molecule has 4 amide bonds. The molecule has 0 spiro atoms. The van der Waals surface area contributed by atoms with Gasteiger partial charge in [-0.05, 0) is 88.1 Å². The number of nitrogens with one attached hydrogen (secondary N) is 4. The van der Waals surface area contributed by atoms with Crippen LogP contribution in [0.5, 0.6) is 0 Å². The molecule has 0 radical (unpaired) electrons. The Kier molecular flexibility index (Phi) is 12.4. The van der Waals surface area contributed by atoms with Gasteiger partial charge in [-0.25, -0.2) is 9.59 Å². The minimum absolute atomic E-state index is 0.265. The lowest BCUT2D eigenvalue weighted by Crippen LogP contribution is -2.47. The van der Waals surface area contributed by atoms with E-state index >= 15 is 0 Å². The molecule has 4 aromatic carbocycles. The summed E-state index contributed by atoms with van der Waals surface area (Å²) >= 11 is 0. The van der Waals surface area contributed by atoms with E-state index in [0.29, 0.717) is 11.4 Å². The van der Waals surface area contributed by atoms with Crippen molar-refractivity contribution >= 4 is 35.4 Å². The molecule has 262 valence electrons. The maximum atomic E-state index is 13.5. The van der Waals surface area contributed by atoms with Crippen LogP contribution in [-0.4, -0.2) is 47.3 Å². The summed E-state index contributed by atoms with van der Waals surface area (Å²) < 4.78 is 10.8. The molecular formula is C40H46N4O6. The molecule has 0 saturated heterocycles. The lowest BCUT2D eigenvalue weighted by molar-refractivity contribution is -0.118. The van der Waals surface area contributed by atoms with Gasteiger partial charge in [0.25, 0.3) is 0 Å². The van der Waals surface area contributed by atoms with E-state index in [1.54, 1.807) is 53.7 Å². The number of rotatable bonds is 11. The van der Waals surface area contributed by atoms with E-state index in [4.69, 9.17) is 9.47 Å². The highest BCUT2D eigenvalue weighted by molar-refractivity contribution is 5.98. The predicted octanol–water partition coefficient (Wildman–Crippen LogP) is 7.50. The number of hydrogen-bond donors (Lipinski definition) is 4. The molecule has 0 aromatic heterocycles. The fraction of sp³-hybridized carbons (Fsp3) is 0.300. The predicted molar refractivity (Wildman–Crippen MR) is 196 cm³/mol. The van der Waals surface area contributed by atoms with Gasteiger partial charge in [-0.3, -0.25) is 9.59 Å². The van der Waals surface area contributed by atoms with Gasteiger partial charge in [0.15, 0.2) is 0 Å². The van der Waals surface area contributed by atoms with E-state index in [1.165, 1.54) is 0 Å². The first kappa shape index (κ1) is 37.2. The van der Waals surface area contributed by atoms with Gasteiger partial charge >= 0.3 is 12.2 Å². The molecule has 0 saturated carbocycles. The Balaban J connectivity index is 1.49. The molecule has 4 N–H and O–H groups in total.